The number of nitriles is 3. The van der Waals surface area contributed by atoms with Crippen LogP contribution in [0.2, 0.25) is 0 Å². The first-order chi connectivity index (χ1) is 68.7. The molecule has 17 rings (SSSR count). The van der Waals surface area contributed by atoms with Crippen LogP contribution in [0.5, 0.6) is 5.75 Å². The van der Waals surface area contributed by atoms with Crippen LogP contribution in [0, 0.1) is 54.8 Å². The molecule has 9 aliphatic rings. The number of likely N-dealkylation sites (N-methyl/N-ethyl adjacent to an activating group) is 1. The third kappa shape index (κ3) is 33.4. The molecule has 22 nitrogen and oxygen atoms in total. The van der Waals surface area contributed by atoms with E-state index in [0.29, 0.717) is 58.8 Å². The molecule has 0 radical (unpaired) electrons. The maximum Gasteiger partial charge on any atom is 0.143 e. The number of rotatable bonds is 21. The summed E-state index contributed by atoms with van der Waals surface area (Å²) in [6.45, 7) is 80.7. The Hall–Kier alpha value is -10.3. The molecule has 8 aromatic carbocycles. The van der Waals surface area contributed by atoms with Crippen LogP contribution in [-0.2, 0) is 0 Å². The highest BCUT2D eigenvalue weighted by atomic mass is 16.5. The molecule has 0 aromatic heterocycles. The minimum absolute atomic E-state index is 0.387. The zero-order valence-corrected chi connectivity index (χ0v) is 93.2. The van der Waals surface area contributed by atoms with Crippen molar-refractivity contribution >= 4 is 56.9 Å². The number of aryl methyl sites for hydroxylation is 3. The molecule has 8 saturated heterocycles. The van der Waals surface area contributed by atoms with Gasteiger partial charge in [0.1, 0.15) is 24.0 Å². The van der Waals surface area contributed by atoms with E-state index in [4.69, 9.17) is 4.74 Å². The molecule has 0 amide bonds. The number of nitrogens with one attached hydrogen (secondary N) is 8. The average Bonchev–Trinajstić information content (AvgIpc) is 1.70. The molecular formula is C121H185N21O. The lowest BCUT2D eigenvalue weighted by molar-refractivity contribution is 0.313. The molecular weight excluding hydrogens is 1760 g/mol. The van der Waals surface area contributed by atoms with Crippen LogP contribution < -0.4 is 91.4 Å². The van der Waals surface area contributed by atoms with Gasteiger partial charge in [0, 0.05) is 248 Å². The second-order valence-corrected chi connectivity index (χ2v) is 43.4. The summed E-state index contributed by atoms with van der Waals surface area (Å²) in [5.41, 5.74) is 33.2. The van der Waals surface area contributed by atoms with Crippen LogP contribution in [0.1, 0.15) is 286 Å². The normalized spacial score (nSPS) is 16.8. The summed E-state index contributed by atoms with van der Waals surface area (Å²) >= 11 is 0. The van der Waals surface area contributed by atoms with Crippen LogP contribution >= 0.6 is 0 Å². The largest absolute Gasteiger partial charge is 0.495 e. The Kier molecular flexibility index (Phi) is 46.2. The first-order valence-corrected chi connectivity index (χ1v) is 54.5. The zero-order chi connectivity index (χ0) is 104. The number of methoxy groups -OCH3 is 1. The molecule has 8 aliphatic heterocycles. The van der Waals surface area contributed by atoms with Gasteiger partial charge in [-0.05, 0) is 239 Å². The van der Waals surface area contributed by atoms with E-state index in [-0.39, 0.29) is 0 Å². The van der Waals surface area contributed by atoms with Crippen molar-refractivity contribution in [1.82, 2.24) is 42.1 Å². The number of piperazine rings is 8. The smallest absolute Gasteiger partial charge is 0.143 e. The van der Waals surface area contributed by atoms with E-state index < -0.39 is 0 Å². The second-order valence-electron chi connectivity index (χ2n) is 43.4. The molecule has 1 saturated carbocycles. The van der Waals surface area contributed by atoms with Crippen LogP contribution in [0.3, 0.4) is 0 Å². The number of benzene rings is 8. The van der Waals surface area contributed by atoms with Gasteiger partial charge in [-0.1, -0.05) is 185 Å². The Bertz CT molecular complexity index is 5130. The van der Waals surface area contributed by atoms with Gasteiger partial charge in [0.25, 0.3) is 0 Å². The van der Waals surface area contributed by atoms with Crippen LogP contribution in [0.4, 0.5) is 56.9 Å². The summed E-state index contributed by atoms with van der Waals surface area (Å²) in [6, 6.07) is 54.3. The van der Waals surface area contributed by atoms with E-state index in [0.717, 1.165) is 255 Å². The van der Waals surface area contributed by atoms with E-state index in [2.05, 4.69) is 392 Å². The fourth-order valence-corrected chi connectivity index (χ4v) is 20.1. The quantitative estimate of drug-likeness (QED) is 0.0336. The summed E-state index contributed by atoms with van der Waals surface area (Å²) in [6.07, 6.45) is 2.78. The van der Waals surface area contributed by atoms with Gasteiger partial charge < -0.3 is 96.3 Å². The van der Waals surface area contributed by atoms with Gasteiger partial charge in [-0.25, -0.2) is 0 Å². The average molecular weight is 1950 g/mol. The topological polar surface area (TPSA) is 209 Å². The Morgan fingerprint density at radius 2 is 0.608 bits per heavy atom. The van der Waals surface area contributed by atoms with Gasteiger partial charge in [0.2, 0.25) is 0 Å². The van der Waals surface area contributed by atoms with Gasteiger partial charge in [-0.15, -0.1) is 0 Å². The third-order valence-electron chi connectivity index (χ3n) is 29.4. The number of hydrogen-bond acceptors (Lipinski definition) is 22. The zero-order valence-electron chi connectivity index (χ0n) is 93.2. The standard InChI is InChI=1S/C16H24N2.C16H26N2.C15H21N3O.C15H25N3.2C15H21N3.C15H24N2.C14H23N3/c1-12(2)14-5-6-16(15(11-14)13-3-4-13)18-9-7-17-8-10-18;1-12(2)14-5-6-16(15(11-14)13(3)4)18-9-7-17-8-10-18;1-11(2)12-8-13(10-16)15(14(9-12)19-3)18-6-4-17-5-7-18;1-12(2)13-5-6-14(15(11-13)17(3)4)18-9-7-16-8-10-18;1-11(2)13-8-12(3)15(14(9-13)10-16)18-6-4-17-5-7-18;1-12(2)13-4-5-15(14(10-13)11-16)18-8-6-17(3)7-9-18;1-11(2)14-9-12(3)15(13(4)10-14)17-7-5-16-6-8-17;1-11(2)12-4-5-14(13(10-12)15-3)17-8-6-16-7-9-17/h5-6,11-13,17H,3-4,7-10H2,1-2H3;5-6,11-13,17H,7-10H2,1-4H3;8-9,11,17H,4-7H2,1-3H3;5-6,11-12,16H,7-10H2,1-4H3;8-9,11,17H,4-7H2,1-3H3;4-5,10,12H,6-9H2,1-3H3;9-11,16H,5-8H2,1-4H3;4-5,10-11,15-16H,6-9H2,1-3H3. The molecule has 8 N–H and O–H groups in total. The van der Waals surface area contributed by atoms with Crippen molar-refractivity contribution in [2.45, 2.75) is 217 Å². The Morgan fingerprint density at radius 3 is 1.00 bits per heavy atom. The monoisotopic (exact) mass is 1950 g/mol. The van der Waals surface area contributed by atoms with E-state index in [1.807, 2.05) is 19.2 Å². The van der Waals surface area contributed by atoms with Crippen molar-refractivity contribution < 1.29 is 4.74 Å². The fraction of sp³-hybridized carbons (Fsp3) is 0.579. The molecule has 143 heavy (non-hydrogen) atoms. The van der Waals surface area contributed by atoms with E-state index in [1.165, 1.54) is 114 Å². The highest BCUT2D eigenvalue weighted by Gasteiger charge is 2.31. The van der Waals surface area contributed by atoms with E-state index in [1.54, 1.807) is 12.7 Å². The summed E-state index contributed by atoms with van der Waals surface area (Å²) in [5, 5.41) is 55.2. The minimum Gasteiger partial charge on any atom is -0.495 e. The van der Waals surface area contributed by atoms with Crippen LogP contribution in [-0.4, -0.2) is 250 Å². The molecule has 0 bridgehead atoms. The first kappa shape index (κ1) is 115. The third-order valence-corrected chi connectivity index (χ3v) is 29.4. The lowest BCUT2D eigenvalue weighted by atomic mass is 9.93. The van der Waals surface area contributed by atoms with Crippen LogP contribution in [0.15, 0.2) is 127 Å². The van der Waals surface area contributed by atoms with Gasteiger partial charge in [0.05, 0.1) is 63.6 Å². The van der Waals surface area contributed by atoms with Crippen molar-refractivity contribution in [3.8, 4) is 24.0 Å². The molecule has 0 unspecified atom stereocenters. The van der Waals surface area contributed by atoms with Crippen LogP contribution in [0.25, 0.3) is 0 Å². The first-order valence-electron chi connectivity index (χ1n) is 54.5. The highest BCUT2D eigenvalue weighted by molar-refractivity contribution is 5.75. The number of nitrogens with zero attached hydrogens (tertiary/aromatic N) is 13. The summed E-state index contributed by atoms with van der Waals surface area (Å²) < 4.78 is 5.52. The lowest BCUT2D eigenvalue weighted by Crippen LogP contribution is -2.44. The Labute approximate surface area is 866 Å². The molecule has 8 aromatic rings. The molecule has 780 valence electrons. The van der Waals surface area contributed by atoms with Gasteiger partial charge in [-0.2, -0.15) is 15.8 Å². The molecule has 1 aliphatic carbocycles. The van der Waals surface area contributed by atoms with Gasteiger partial charge in [-0.3, -0.25) is 0 Å². The molecule has 0 spiro atoms. The number of ether oxygens (including phenoxy) is 1. The van der Waals surface area contributed by atoms with Crippen molar-refractivity contribution in [2.75, 3.05) is 294 Å². The lowest BCUT2D eigenvalue weighted by Gasteiger charge is -2.34. The summed E-state index contributed by atoms with van der Waals surface area (Å²) in [7, 11) is 10.1. The maximum absolute atomic E-state index is 9.43. The number of anilines is 10. The molecule has 22 heteroatoms. The maximum atomic E-state index is 9.43. The van der Waals surface area contributed by atoms with Gasteiger partial charge in [0.15, 0.2) is 0 Å². The number of hydrogen-bond donors (Lipinski definition) is 8. The second kappa shape index (κ2) is 57.6. The fourth-order valence-electron chi connectivity index (χ4n) is 20.1. The highest BCUT2D eigenvalue weighted by Crippen LogP contribution is 2.46. The predicted molar refractivity (Wildman–Crippen MR) is 614 cm³/mol. The van der Waals surface area contributed by atoms with Crippen molar-refractivity contribution in [1.29, 1.82) is 15.8 Å². The van der Waals surface area contributed by atoms with E-state index >= 15 is 0 Å². The molecule has 8 heterocycles. The van der Waals surface area contributed by atoms with Crippen molar-refractivity contribution in [3.63, 3.8) is 0 Å². The van der Waals surface area contributed by atoms with Crippen molar-refractivity contribution in [3.05, 3.63) is 216 Å². The van der Waals surface area contributed by atoms with E-state index in [9.17, 15) is 15.8 Å². The van der Waals surface area contributed by atoms with Crippen molar-refractivity contribution in [2.24, 2.45) is 0 Å². The summed E-state index contributed by atoms with van der Waals surface area (Å²) in [5.74, 6) is 6.60. The predicted octanol–water partition coefficient (Wildman–Crippen LogP) is 20.8. The van der Waals surface area contributed by atoms with Gasteiger partial charge >= 0.3 is 0 Å². The minimum atomic E-state index is 0.387. The molecule has 9 fully saturated rings. The summed E-state index contributed by atoms with van der Waals surface area (Å²) in [4.78, 5) is 24.0. The Balaban J connectivity index is 0.000000168. The Morgan fingerprint density at radius 1 is 0.308 bits per heavy atom. The SMILES string of the molecule is CC(C)c1ccc(N2CCN(C)CC2)c(C#N)c1.CC(C)c1ccc(N2CCNCC2)c(C(C)C)c1.CC(C)c1ccc(N2CCNCC2)c(C2CC2)c1.CC(C)c1ccc(N2CCNCC2)c(N(C)C)c1.CNc1cc(C(C)C)ccc1N1CCNCC1.COc1cc(C(C)C)cc(C#N)c1N1CCNCC1.Cc1cc(C(C)C)cc(C#N)c1N1CCNCC1.Cc1cc(C(C)C)cc(C)c1N1CCNCC1. The molecule has 0 atom stereocenters.